The predicted octanol–water partition coefficient (Wildman–Crippen LogP) is 0.454. The van der Waals surface area contributed by atoms with E-state index in [9.17, 15) is 0 Å². The van der Waals surface area contributed by atoms with Crippen LogP contribution in [-0.2, 0) is 0 Å². The van der Waals surface area contributed by atoms with Crippen LogP contribution in [-0.4, -0.2) is 22.6 Å². The largest absolute Gasteiger partial charge is 0.384 e. The normalized spacial score (nSPS) is 12.9. The van der Waals surface area contributed by atoms with Crippen LogP contribution in [0.4, 0.5) is 11.8 Å². The second-order valence-corrected chi connectivity index (χ2v) is 3.59. The summed E-state index contributed by atoms with van der Waals surface area (Å²) in [4.78, 5) is 8.02. The molecule has 1 aromatic rings. The van der Waals surface area contributed by atoms with E-state index in [4.69, 9.17) is 11.5 Å². The molecule has 1 aromatic heterocycles. The summed E-state index contributed by atoms with van der Waals surface area (Å²) < 4.78 is 0. The Morgan fingerprint density at radius 2 is 2.21 bits per heavy atom. The highest BCUT2D eigenvalue weighted by Crippen LogP contribution is 2.03. The van der Waals surface area contributed by atoms with Crippen LogP contribution >= 0.6 is 0 Å². The first-order chi connectivity index (χ1) is 6.59. The fourth-order valence-electron chi connectivity index (χ4n) is 0.903. The number of aromatic nitrogens is 2. The van der Waals surface area contributed by atoms with Gasteiger partial charge in [0.2, 0.25) is 5.95 Å². The number of hydrogen-bond acceptors (Lipinski definition) is 5. The van der Waals surface area contributed by atoms with Crippen LogP contribution in [0.25, 0.3) is 0 Å². The average Bonchev–Trinajstić information content (AvgIpc) is 2.14. The maximum Gasteiger partial charge on any atom is 0.224 e. The highest BCUT2D eigenvalue weighted by atomic mass is 15.1. The van der Waals surface area contributed by atoms with Gasteiger partial charge in [0.25, 0.3) is 0 Å². The molecule has 14 heavy (non-hydrogen) atoms. The van der Waals surface area contributed by atoms with Gasteiger partial charge in [-0.3, -0.25) is 0 Å². The Balaban J connectivity index is 2.45. The van der Waals surface area contributed by atoms with Crippen molar-refractivity contribution >= 4 is 11.8 Å². The van der Waals surface area contributed by atoms with E-state index < -0.39 is 0 Å². The molecule has 0 spiro atoms. The van der Waals surface area contributed by atoms with Gasteiger partial charge in [-0.25, -0.2) is 4.98 Å². The summed E-state index contributed by atoms with van der Waals surface area (Å²) in [5, 5.41) is 3.04. The summed E-state index contributed by atoms with van der Waals surface area (Å²) in [5.74, 6) is 1.42. The van der Waals surface area contributed by atoms with E-state index in [-0.39, 0.29) is 6.04 Å². The lowest BCUT2D eigenvalue weighted by molar-refractivity contribution is 0.510. The van der Waals surface area contributed by atoms with Gasteiger partial charge in [0.15, 0.2) is 0 Å². The maximum atomic E-state index is 5.85. The SMILES string of the molecule is CC(C)C(N)CNc1nccc(N)n1. The van der Waals surface area contributed by atoms with E-state index in [1.54, 1.807) is 12.3 Å². The molecule has 0 aliphatic carbocycles. The minimum atomic E-state index is 0.0973. The Hall–Kier alpha value is -1.36. The molecule has 1 unspecified atom stereocenters. The zero-order chi connectivity index (χ0) is 10.6. The molecule has 0 aromatic carbocycles. The fraction of sp³-hybridized carbons (Fsp3) is 0.556. The Morgan fingerprint density at radius 3 is 2.79 bits per heavy atom. The molecule has 0 radical (unpaired) electrons. The quantitative estimate of drug-likeness (QED) is 0.649. The van der Waals surface area contributed by atoms with Gasteiger partial charge in [-0.05, 0) is 12.0 Å². The summed E-state index contributed by atoms with van der Waals surface area (Å²) in [6, 6.07) is 1.74. The van der Waals surface area contributed by atoms with Crippen molar-refractivity contribution in [2.24, 2.45) is 11.7 Å². The van der Waals surface area contributed by atoms with Crippen LogP contribution in [0.2, 0.25) is 0 Å². The molecule has 0 amide bonds. The maximum absolute atomic E-state index is 5.85. The van der Waals surface area contributed by atoms with Crippen LogP contribution in [0.15, 0.2) is 12.3 Å². The second kappa shape index (κ2) is 4.76. The molecule has 1 heterocycles. The van der Waals surface area contributed by atoms with Crippen LogP contribution < -0.4 is 16.8 Å². The minimum absolute atomic E-state index is 0.0973. The molecule has 1 atom stereocenters. The fourth-order valence-corrected chi connectivity index (χ4v) is 0.903. The molecule has 0 aliphatic rings. The molecule has 5 nitrogen and oxygen atoms in total. The molecule has 0 fully saturated rings. The van der Waals surface area contributed by atoms with Gasteiger partial charge in [0, 0.05) is 18.8 Å². The van der Waals surface area contributed by atoms with E-state index in [0.29, 0.717) is 24.2 Å². The Kier molecular flexibility index (Phi) is 3.64. The zero-order valence-electron chi connectivity index (χ0n) is 8.57. The lowest BCUT2D eigenvalue weighted by Gasteiger charge is -2.15. The number of nitrogens with one attached hydrogen (secondary N) is 1. The van der Waals surface area contributed by atoms with Crippen molar-refractivity contribution in [1.29, 1.82) is 0 Å². The summed E-state index contributed by atoms with van der Waals surface area (Å²) in [6.45, 7) is 4.81. The van der Waals surface area contributed by atoms with E-state index >= 15 is 0 Å². The molecule has 5 N–H and O–H groups in total. The Morgan fingerprint density at radius 1 is 1.50 bits per heavy atom. The van der Waals surface area contributed by atoms with Crippen LogP contribution in [0.1, 0.15) is 13.8 Å². The van der Waals surface area contributed by atoms with E-state index in [0.717, 1.165) is 0 Å². The molecule has 0 bridgehead atoms. The third kappa shape index (κ3) is 3.18. The van der Waals surface area contributed by atoms with Gasteiger partial charge in [-0.1, -0.05) is 13.8 Å². The molecule has 0 saturated heterocycles. The smallest absolute Gasteiger partial charge is 0.224 e. The summed E-state index contributed by atoms with van der Waals surface area (Å²) >= 11 is 0. The number of nitrogens with two attached hydrogens (primary N) is 2. The monoisotopic (exact) mass is 195 g/mol. The summed E-state index contributed by atoms with van der Waals surface area (Å²) in [6.07, 6.45) is 1.62. The number of anilines is 2. The first-order valence-corrected chi connectivity index (χ1v) is 4.67. The third-order valence-electron chi connectivity index (χ3n) is 2.03. The van der Waals surface area contributed by atoms with Crippen LogP contribution in [0.3, 0.4) is 0 Å². The van der Waals surface area contributed by atoms with Gasteiger partial charge in [-0.15, -0.1) is 0 Å². The van der Waals surface area contributed by atoms with Crippen molar-refractivity contribution in [2.75, 3.05) is 17.6 Å². The minimum Gasteiger partial charge on any atom is -0.384 e. The first kappa shape index (κ1) is 10.7. The summed E-state index contributed by atoms with van der Waals surface area (Å²) in [7, 11) is 0. The summed E-state index contributed by atoms with van der Waals surface area (Å²) in [5.41, 5.74) is 11.4. The van der Waals surface area contributed by atoms with Crippen LogP contribution in [0.5, 0.6) is 0 Å². The van der Waals surface area contributed by atoms with Crippen molar-refractivity contribution in [3.8, 4) is 0 Å². The topological polar surface area (TPSA) is 89.8 Å². The lowest BCUT2D eigenvalue weighted by Crippen LogP contribution is -2.34. The molecular formula is C9H17N5. The highest BCUT2D eigenvalue weighted by Gasteiger charge is 2.07. The molecular weight excluding hydrogens is 178 g/mol. The van der Waals surface area contributed by atoms with E-state index in [2.05, 4.69) is 29.1 Å². The van der Waals surface area contributed by atoms with Gasteiger partial charge >= 0.3 is 0 Å². The highest BCUT2D eigenvalue weighted by molar-refractivity contribution is 5.34. The molecule has 0 aliphatic heterocycles. The standard InChI is InChI=1S/C9H17N5/c1-6(2)7(10)5-13-9-12-4-3-8(11)14-9/h3-4,6-7H,5,10H2,1-2H3,(H3,11,12,13,14). The van der Waals surface area contributed by atoms with Crippen molar-refractivity contribution in [3.63, 3.8) is 0 Å². The van der Waals surface area contributed by atoms with Gasteiger partial charge < -0.3 is 16.8 Å². The molecule has 0 saturated carbocycles. The number of nitrogens with zero attached hydrogens (tertiary/aromatic N) is 2. The van der Waals surface area contributed by atoms with Crippen molar-refractivity contribution in [1.82, 2.24) is 9.97 Å². The van der Waals surface area contributed by atoms with Gasteiger partial charge in [-0.2, -0.15) is 4.98 Å². The number of hydrogen-bond donors (Lipinski definition) is 3. The average molecular weight is 195 g/mol. The van der Waals surface area contributed by atoms with E-state index in [1.807, 2.05) is 0 Å². The molecule has 1 rings (SSSR count). The number of rotatable bonds is 4. The Labute approximate surface area is 83.9 Å². The zero-order valence-corrected chi connectivity index (χ0v) is 8.57. The molecule has 78 valence electrons. The lowest BCUT2D eigenvalue weighted by atomic mass is 10.1. The van der Waals surface area contributed by atoms with E-state index in [1.165, 1.54) is 0 Å². The second-order valence-electron chi connectivity index (χ2n) is 3.59. The van der Waals surface area contributed by atoms with Crippen molar-refractivity contribution < 1.29 is 0 Å². The van der Waals surface area contributed by atoms with Gasteiger partial charge in [0.05, 0.1) is 0 Å². The molecule has 5 heteroatoms. The van der Waals surface area contributed by atoms with Crippen LogP contribution in [0, 0.1) is 5.92 Å². The van der Waals surface area contributed by atoms with Crippen molar-refractivity contribution in [3.05, 3.63) is 12.3 Å². The third-order valence-corrected chi connectivity index (χ3v) is 2.03. The van der Waals surface area contributed by atoms with Crippen molar-refractivity contribution in [2.45, 2.75) is 19.9 Å². The van der Waals surface area contributed by atoms with Gasteiger partial charge in [0.1, 0.15) is 5.82 Å². The predicted molar refractivity (Wildman–Crippen MR) is 57.7 cm³/mol. The first-order valence-electron chi connectivity index (χ1n) is 4.67. The Bertz CT molecular complexity index is 286. The number of nitrogen functional groups attached to an aromatic ring is 1.